The molecule has 32 nitrogen and oxygen atoms in total. The summed E-state index contributed by atoms with van der Waals surface area (Å²) in [5.74, 6) is -0.346. The number of hydrogen-bond acceptors (Lipinski definition) is 28. The summed E-state index contributed by atoms with van der Waals surface area (Å²) in [6.07, 6.45) is 10.1. The number of carbonyl (C=O) groups is 7. The van der Waals surface area contributed by atoms with Crippen molar-refractivity contribution in [2.45, 2.75) is 137 Å². The molecule has 3 amide bonds. The number of carbonyl (C=O) groups excluding carboxylic acids is 6. The Bertz CT molecular complexity index is 2830. The fourth-order valence-electron chi connectivity index (χ4n) is 6.98. The van der Waals surface area contributed by atoms with E-state index in [0.29, 0.717) is 75.0 Å². The van der Waals surface area contributed by atoms with E-state index in [2.05, 4.69) is 74.9 Å². The molecule has 3 aliphatic carbocycles. The number of nitrogens with zero attached hydrogens (tertiary/aromatic N) is 9. The Morgan fingerprint density at radius 2 is 0.789 bits per heavy atom. The third-order valence-corrected chi connectivity index (χ3v) is 13.0. The number of halogens is 3. The maximum Gasteiger partial charge on any atom is 0.356 e. The van der Waals surface area contributed by atoms with E-state index in [4.69, 9.17) is 87.5 Å². The molecule has 3 saturated carbocycles. The van der Waals surface area contributed by atoms with Gasteiger partial charge in [-0.25, -0.2) is 49.1 Å². The molecule has 12 rings (SSSR count). The fraction of sp³-hybridized carbons (Fsp3) is 0.617. The van der Waals surface area contributed by atoms with E-state index >= 15 is 0 Å². The van der Waals surface area contributed by atoms with Gasteiger partial charge in [0.25, 0.3) is 0 Å². The zero-order valence-corrected chi connectivity index (χ0v) is 58.3. The Morgan fingerprint density at radius 3 is 1.07 bits per heavy atom. The molecule has 0 atom stereocenters. The summed E-state index contributed by atoms with van der Waals surface area (Å²) < 4.78 is 33.2. The quantitative estimate of drug-likeness (QED) is 0.0314. The first-order valence-corrected chi connectivity index (χ1v) is 32.4. The number of primary amides is 2. The van der Waals surface area contributed by atoms with Crippen molar-refractivity contribution in [1.82, 2.24) is 44.8 Å². The average molecular weight is 1400 g/mol. The number of carboxylic acid groups (broad SMARTS) is 1. The largest absolute Gasteiger partial charge is 0.477 e. The van der Waals surface area contributed by atoms with Crippen molar-refractivity contribution < 1.29 is 71.8 Å². The number of rotatable bonds is 13. The van der Waals surface area contributed by atoms with Gasteiger partial charge in [0.15, 0.2) is 22.8 Å². The van der Waals surface area contributed by atoms with Crippen LogP contribution in [-0.2, 0) is 47.5 Å². The molecule has 8 fully saturated rings. The van der Waals surface area contributed by atoms with E-state index in [-0.39, 0.29) is 92.2 Å². The number of piperidine rings is 1. The Morgan fingerprint density at radius 1 is 0.474 bits per heavy atom. The Kier molecular flexibility index (Phi) is 43.1. The molecule has 5 saturated heterocycles. The van der Waals surface area contributed by atoms with Gasteiger partial charge >= 0.3 is 23.9 Å². The van der Waals surface area contributed by atoms with Crippen molar-refractivity contribution >= 4 is 106 Å². The molecular formula is C60H96Cl3N17O15. The van der Waals surface area contributed by atoms with Crippen molar-refractivity contribution in [3.63, 3.8) is 0 Å². The highest BCUT2D eigenvalue weighted by Gasteiger charge is 2.34. The van der Waals surface area contributed by atoms with Gasteiger partial charge in [-0.1, -0.05) is 67.0 Å². The lowest BCUT2D eigenvalue weighted by molar-refractivity contribution is -0.133. The summed E-state index contributed by atoms with van der Waals surface area (Å²) in [4.78, 5) is 108. The Balaban J connectivity index is 0.000000547. The van der Waals surface area contributed by atoms with Crippen molar-refractivity contribution in [1.29, 1.82) is 0 Å². The number of nitrogen functional groups attached to an aromatic ring is 2. The molecule has 0 radical (unpaired) electrons. The molecule has 4 aromatic rings. The first-order valence-electron chi connectivity index (χ1n) is 31.3. The number of nitrogens with two attached hydrogens (primary N) is 5. The predicted molar refractivity (Wildman–Crippen MR) is 359 cm³/mol. The summed E-state index contributed by atoms with van der Waals surface area (Å²) in [5.41, 5.74) is 26.0. The lowest BCUT2D eigenvalue weighted by Crippen LogP contribution is -2.41. The van der Waals surface area contributed by atoms with Crippen LogP contribution in [0.2, 0.25) is 15.7 Å². The summed E-state index contributed by atoms with van der Waals surface area (Å²) in [6.45, 7) is 23.2. The van der Waals surface area contributed by atoms with E-state index < -0.39 is 23.9 Å². The highest BCUT2D eigenvalue weighted by atomic mass is 35.5. The molecule has 0 spiro atoms. The van der Waals surface area contributed by atoms with Crippen LogP contribution in [0, 0.1) is 17.8 Å². The highest BCUT2D eigenvalue weighted by Crippen LogP contribution is 2.32. The normalized spacial score (nSPS) is 16.0. The number of hydrogen-bond donors (Lipinski definition) is 9. The number of aromatic nitrogens is 8. The molecule has 14 N–H and O–H groups in total. The molecule has 35 heteroatoms. The molecule has 5 aliphatic heterocycles. The number of anilines is 5. The minimum atomic E-state index is -1.13. The van der Waals surface area contributed by atoms with Crippen LogP contribution in [0.25, 0.3) is 0 Å². The van der Waals surface area contributed by atoms with Crippen LogP contribution in [0.3, 0.4) is 0 Å². The number of carboxylic acids is 1. The first-order chi connectivity index (χ1) is 45.5. The smallest absolute Gasteiger partial charge is 0.356 e. The third kappa shape index (κ3) is 35.6. The van der Waals surface area contributed by atoms with Gasteiger partial charge in [-0.05, 0) is 81.0 Å². The lowest BCUT2D eigenvalue weighted by Gasteiger charge is -2.27. The molecule has 0 unspecified atom stereocenters. The summed E-state index contributed by atoms with van der Waals surface area (Å²) in [6, 6.07) is 6.54. The number of ether oxygens (including phenoxy) is 7. The fourth-order valence-corrected chi connectivity index (χ4v) is 7.57. The van der Waals surface area contributed by atoms with E-state index in [1.807, 2.05) is 55.4 Å². The van der Waals surface area contributed by atoms with Crippen molar-refractivity contribution in [3.8, 4) is 0 Å². The molecular weight excluding hydrogens is 1310 g/mol. The minimum absolute atomic E-state index is 0.00522. The Hall–Kier alpha value is -7.72. The second-order valence-corrected chi connectivity index (χ2v) is 21.0. The topological polar surface area (TPSA) is 477 Å². The van der Waals surface area contributed by atoms with Crippen LogP contribution >= 0.6 is 34.8 Å². The maximum absolute atomic E-state index is 11.5. The summed E-state index contributed by atoms with van der Waals surface area (Å²) in [7, 11) is 3.81. The van der Waals surface area contributed by atoms with Crippen LogP contribution in [0.15, 0.2) is 24.3 Å². The molecule has 0 bridgehead atoms. The van der Waals surface area contributed by atoms with Gasteiger partial charge in [-0.2, -0.15) is 9.97 Å². The number of methoxy groups -OCH3 is 3. The maximum atomic E-state index is 11.5. The van der Waals surface area contributed by atoms with Crippen LogP contribution in [0.1, 0.15) is 155 Å². The van der Waals surface area contributed by atoms with Gasteiger partial charge < -0.3 is 87.8 Å². The summed E-state index contributed by atoms with van der Waals surface area (Å²) in [5, 5.41) is 17.9. The zero-order valence-electron chi connectivity index (χ0n) is 56.0. The summed E-state index contributed by atoms with van der Waals surface area (Å²) >= 11 is 16.6. The van der Waals surface area contributed by atoms with E-state index in [9.17, 15) is 33.6 Å². The number of aromatic carboxylic acids is 1. The monoisotopic (exact) mass is 1400 g/mol. The van der Waals surface area contributed by atoms with Crippen molar-refractivity contribution in [2.75, 3.05) is 115 Å². The highest BCUT2D eigenvalue weighted by molar-refractivity contribution is 6.32. The minimum Gasteiger partial charge on any atom is -0.477 e. The molecule has 95 heavy (non-hydrogen) atoms. The van der Waals surface area contributed by atoms with Gasteiger partial charge in [-0.3, -0.25) is 14.4 Å². The number of nitrogens with one attached hydrogen (secondary N) is 3. The van der Waals surface area contributed by atoms with Gasteiger partial charge in [-0.15, -0.1) is 0 Å². The Labute approximate surface area is 569 Å². The molecule has 8 aliphatic rings. The SMILES string of the molecule is CC.CC.CC.CC.COC(=O)c1cc(Cl)nc(Cl)n1.COC(=O)c1cc(NC2COC2)nc(Cl)n1.COC(=O)c1cc(NC2COC2)nc(N)n1.NC(=O)C1CC1.NC(=O)C1CC1.NC1COC1.Nc1nc(NC2COC2)cc(C(=O)O)n1.O=C(C1CC1)N1CCCCC1. The zero-order chi connectivity index (χ0) is 71.6. The van der Waals surface area contributed by atoms with Crippen LogP contribution in [0.5, 0.6) is 0 Å². The first kappa shape index (κ1) is 85.3. The standard InChI is InChI=1S/C9H10ClN3O3.C9H12N4O3.C9H15NO.C8H10N4O3.C6H4Cl2N2O2.2C4H7NO.C3H7NO.4C2H6/c2*1-15-8(14)6-2-7(13-9(10)12-6)11-5-3-16-4-5;11-9(8-4-5-8)10-6-2-1-3-7-10;9-8-11-5(7(13)14)1-6(12-8)10-4-2-15-3-4;1-12-5(11)3-2-4(7)10-6(8)9-3;2*5-4(6)3-1-2-3;4-3-1-5-2-3;4*1-2/h2,5H,3-4H2,1H3,(H,11,12,13);2,5H,3-4H2,1H3,(H3,10,11,12,13);8H,1-7H2;1,4H,2-3H2,(H,13,14)(H3,9,10,11,12);2H,1H3;2*3H,1-2H2,(H2,5,6);3H,1-2,4H2;4*1-2H3. The third-order valence-electron chi connectivity index (χ3n) is 12.4. The number of esters is 3. The molecule has 4 aromatic heterocycles. The lowest BCUT2D eigenvalue weighted by atomic mass is 10.1. The van der Waals surface area contributed by atoms with Crippen molar-refractivity contribution in [3.05, 3.63) is 62.8 Å². The van der Waals surface area contributed by atoms with E-state index in [0.717, 1.165) is 64.8 Å². The molecule has 0 aromatic carbocycles. The predicted octanol–water partition coefficient (Wildman–Crippen LogP) is 6.14. The van der Waals surface area contributed by atoms with Gasteiger partial charge in [0.05, 0.1) is 98.4 Å². The number of amides is 3. The number of likely N-dealkylation sites (tertiary alicyclic amines) is 1. The van der Waals surface area contributed by atoms with Gasteiger partial charge in [0.1, 0.15) is 22.6 Å². The van der Waals surface area contributed by atoms with Crippen LogP contribution < -0.4 is 44.6 Å². The van der Waals surface area contributed by atoms with Gasteiger partial charge in [0, 0.05) is 55.1 Å². The van der Waals surface area contributed by atoms with Gasteiger partial charge in [0.2, 0.25) is 40.2 Å². The molecule has 532 valence electrons. The average Bonchev–Trinajstić information content (AvgIpc) is 1.84. The molecule has 9 heterocycles. The van der Waals surface area contributed by atoms with Crippen molar-refractivity contribution in [2.24, 2.45) is 35.0 Å². The second-order valence-electron chi connectivity index (χ2n) is 20.0. The van der Waals surface area contributed by atoms with Crippen LogP contribution in [0.4, 0.5) is 29.4 Å². The van der Waals surface area contributed by atoms with Crippen LogP contribution in [-0.4, -0.2) is 203 Å². The van der Waals surface area contributed by atoms with E-state index in [1.165, 1.54) is 64.9 Å². The van der Waals surface area contributed by atoms with E-state index in [1.54, 1.807) is 0 Å². The second kappa shape index (κ2) is 48.0.